The largest absolute Gasteiger partial charge is 0.365 e. The van der Waals surface area contributed by atoms with Gasteiger partial charge in [0.2, 0.25) is 11.9 Å². The zero-order valence-corrected chi connectivity index (χ0v) is 16.5. The summed E-state index contributed by atoms with van der Waals surface area (Å²) in [5.74, 6) is 0.641. The van der Waals surface area contributed by atoms with Crippen molar-refractivity contribution in [2.75, 3.05) is 24.2 Å². The Morgan fingerprint density at radius 2 is 2.10 bits per heavy atom. The Balaban J connectivity index is 1.63. The summed E-state index contributed by atoms with van der Waals surface area (Å²) in [6, 6.07) is 11.8. The van der Waals surface area contributed by atoms with Gasteiger partial charge in [-0.25, -0.2) is 4.98 Å². The number of benzene rings is 1. The van der Waals surface area contributed by atoms with E-state index in [-0.39, 0.29) is 19.0 Å². The molecule has 0 fully saturated rings. The third kappa shape index (κ3) is 5.67. The molecule has 0 atom stereocenters. The van der Waals surface area contributed by atoms with Crippen molar-refractivity contribution in [1.82, 2.24) is 24.6 Å². The van der Waals surface area contributed by atoms with Crippen molar-refractivity contribution >= 4 is 35.0 Å². The van der Waals surface area contributed by atoms with Crippen LogP contribution in [0.2, 0.25) is 5.02 Å². The molecule has 0 aliphatic rings. The van der Waals surface area contributed by atoms with E-state index in [0.29, 0.717) is 29.0 Å². The first kappa shape index (κ1) is 20.1. The zero-order chi connectivity index (χ0) is 20.6. The molecule has 2 aromatic heterocycles. The van der Waals surface area contributed by atoms with Gasteiger partial charge in [-0.2, -0.15) is 15.3 Å². The summed E-state index contributed by atoms with van der Waals surface area (Å²) >= 11 is 6.19. The number of hydrogen-bond donors (Lipinski definition) is 2. The van der Waals surface area contributed by atoms with Gasteiger partial charge in [0.25, 0.3) is 0 Å². The van der Waals surface area contributed by atoms with Crippen LogP contribution >= 0.6 is 11.6 Å². The maximum atomic E-state index is 12.0. The van der Waals surface area contributed by atoms with Gasteiger partial charge in [-0.1, -0.05) is 41.9 Å². The highest BCUT2D eigenvalue weighted by Gasteiger charge is 2.11. The molecule has 0 saturated carbocycles. The van der Waals surface area contributed by atoms with Crippen LogP contribution in [0.25, 0.3) is 0 Å². The van der Waals surface area contributed by atoms with Crippen molar-refractivity contribution < 1.29 is 4.79 Å². The number of amides is 1. The molecule has 0 aliphatic heterocycles. The van der Waals surface area contributed by atoms with Gasteiger partial charge < -0.3 is 15.5 Å². The minimum Gasteiger partial charge on any atom is -0.365 e. The lowest BCUT2D eigenvalue weighted by molar-refractivity contribution is -0.130. The normalized spacial score (nSPS) is 10.2. The standard InChI is InChI=1S/C19H19ClN8O/c1-27(8-7-21)17(29)13-28-12-15(10-24-28)25-19-23-11-16(20)18(26-19)22-9-14-5-3-2-4-6-14/h2-6,10-12H,8-9,13H2,1H3,(H2,22,23,25,26). The molecular weight excluding hydrogens is 392 g/mol. The fourth-order valence-corrected chi connectivity index (χ4v) is 2.59. The SMILES string of the molecule is CN(CC#N)C(=O)Cn1cc(Nc2ncc(Cl)c(NCc3ccccc3)n2)cn1. The number of nitriles is 1. The summed E-state index contributed by atoms with van der Waals surface area (Å²) in [6.07, 6.45) is 4.73. The van der Waals surface area contributed by atoms with E-state index in [1.807, 2.05) is 36.4 Å². The van der Waals surface area contributed by atoms with E-state index in [9.17, 15) is 4.79 Å². The second-order valence-corrected chi connectivity index (χ2v) is 6.60. The molecular formula is C19H19ClN8O. The smallest absolute Gasteiger partial charge is 0.244 e. The van der Waals surface area contributed by atoms with Gasteiger partial charge in [0.05, 0.1) is 24.2 Å². The number of nitrogens with zero attached hydrogens (tertiary/aromatic N) is 6. The Labute approximate surface area is 172 Å². The molecule has 0 saturated heterocycles. The highest BCUT2D eigenvalue weighted by atomic mass is 35.5. The summed E-state index contributed by atoms with van der Waals surface area (Å²) in [7, 11) is 1.57. The quantitative estimate of drug-likeness (QED) is 0.549. The number of halogens is 1. The fourth-order valence-electron chi connectivity index (χ4n) is 2.43. The van der Waals surface area contributed by atoms with Crippen molar-refractivity contribution in [3.05, 3.63) is 59.5 Å². The van der Waals surface area contributed by atoms with Crippen molar-refractivity contribution in [2.24, 2.45) is 0 Å². The van der Waals surface area contributed by atoms with Crippen LogP contribution in [0.1, 0.15) is 5.56 Å². The van der Waals surface area contributed by atoms with Crippen LogP contribution in [0.5, 0.6) is 0 Å². The third-order valence-corrected chi connectivity index (χ3v) is 4.24. The molecule has 0 aliphatic carbocycles. The van der Waals surface area contributed by atoms with Gasteiger partial charge >= 0.3 is 0 Å². The van der Waals surface area contributed by atoms with Crippen LogP contribution in [-0.2, 0) is 17.9 Å². The van der Waals surface area contributed by atoms with Crippen molar-refractivity contribution in [2.45, 2.75) is 13.1 Å². The molecule has 9 nitrogen and oxygen atoms in total. The molecule has 2 heterocycles. The number of carbonyl (C=O) groups excluding carboxylic acids is 1. The van der Waals surface area contributed by atoms with E-state index in [1.54, 1.807) is 19.4 Å². The monoisotopic (exact) mass is 410 g/mol. The summed E-state index contributed by atoms with van der Waals surface area (Å²) in [5, 5.41) is 19.4. The molecule has 0 radical (unpaired) electrons. The molecule has 1 aromatic carbocycles. The van der Waals surface area contributed by atoms with Crippen LogP contribution < -0.4 is 10.6 Å². The van der Waals surface area contributed by atoms with Crippen LogP contribution in [-0.4, -0.2) is 44.1 Å². The lowest BCUT2D eigenvalue weighted by atomic mass is 10.2. The van der Waals surface area contributed by atoms with E-state index < -0.39 is 0 Å². The van der Waals surface area contributed by atoms with Crippen LogP contribution in [0, 0.1) is 11.3 Å². The predicted octanol–water partition coefficient (Wildman–Crippen LogP) is 2.66. The lowest BCUT2D eigenvalue weighted by Crippen LogP contribution is -2.30. The van der Waals surface area contributed by atoms with Gasteiger partial charge in [-0.05, 0) is 5.56 Å². The van der Waals surface area contributed by atoms with Crippen molar-refractivity contribution in [1.29, 1.82) is 5.26 Å². The minimum absolute atomic E-state index is 0.0303. The Morgan fingerprint density at radius 3 is 2.86 bits per heavy atom. The van der Waals surface area contributed by atoms with Crippen LogP contribution in [0.15, 0.2) is 48.9 Å². The zero-order valence-electron chi connectivity index (χ0n) is 15.7. The molecule has 0 spiro atoms. The second kappa shape index (κ2) is 9.52. The molecule has 29 heavy (non-hydrogen) atoms. The van der Waals surface area contributed by atoms with E-state index in [2.05, 4.69) is 25.7 Å². The Hall–Kier alpha value is -3.64. The van der Waals surface area contributed by atoms with E-state index in [0.717, 1.165) is 5.56 Å². The average molecular weight is 411 g/mol. The van der Waals surface area contributed by atoms with Crippen molar-refractivity contribution in [3.8, 4) is 6.07 Å². The van der Waals surface area contributed by atoms with Gasteiger partial charge in [-0.3, -0.25) is 9.48 Å². The number of likely N-dealkylation sites (N-methyl/N-ethyl adjacent to an activating group) is 1. The summed E-state index contributed by atoms with van der Waals surface area (Å²) in [5.41, 5.74) is 1.72. The molecule has 10 heteroatoms. The maximum absolute atomic E-state index is 12.0. The van der Waals surface area contributed by atoms with Crippen molar-refractivity contribution in [3.63, 3.8) is 0 Å². The number of hydrogen-bond acceptors (Lipinski definition) is 7. The minimum atomic E-state index is -0.212. The van der Waals surface area contributed by atoms with E-state index in [1.165, 1.54) is 15.8 Å². The average Bonchev–Trinajstić information content (AvgIpc) is 3.16. The Morgan fingerprint density at radius 1 is 1.31 bits per heavy atom. The highest BCUT2D eigenvalue weighted by Crippen LogP contribution is 2.22. The fraction of sp³-hybridized carbons (Fsp3) is 0.211. The summed E-state index contributed by atoms with van der Waals surface area (Å²) < 4.78 is 1.48. The predicted molar refractivity (Wildman–Crippen MR) is 110 cm³/mol. The number of anilines is 3. The van der Waals surface area contributed by atoms with Crippen LogP contribution in [0.3, 0.4) is 0 Å². The molecule has 0 unspecified atom stereocenters. The Kier molecular flexibility index (Phi) is 6.60. The first-order chi connectivity index (χ1) is 14.0. The third-order valence-electron chi connectivity index (χ3n) is 3.97. The lowest BCUT2D eigenvalue weighted by Gasteiger charge is -2.12. The van der Waals surface area contributed by atoms with E-state index in [4.69, 9.17) is 16.9 Å². The topological polar surface area (TPSA) is 112 Å². The van der Waals surface area contributed by atoms with Gasteiger partial charge in [-0.15, -0.1) is 0 Å². The number of aromatic nitrogens is 4. The first-order valence-corrected chi connectivity index (χ1v) is 9.13. The number of rotatable bonds is 8. The van der Waals surface area contributed by atoms with Gasteiger partial charge in [0.1, 0.15) is 18.1 Å². The van der Waals surface area contributed by atoms with E-state index >= 15 is 0 Å². The Bertz CT molecular complexity index is 1010. The second-order valence-electron chi connectivity index (χ2n) is 6.19. The summed E-state index contributed by atoms with van der Waals surface area (Å²) in [4.78, 5) is 21.9. The molecule has 1 amide bonds. The molecule has 0 bridgehead atoms. The van der Waals surface area contributed by atoms with Gasteiger partial charge in [0.15, 0.2) is 5.82 Å². The maximum Gasteiger partial charge on any atom is 0.244 e. The molecule has 2 N–H and O–H groups in total. The summed E-state index contributed by atoms with van der Waals surface area (Å²) in [6.45, 7) is 0.640. The van der Waals surface area contributed by atoms with Gasteiger partial charge in [0, 0.05) is 19.8 Å². The number of carbonyl (C=O) groups is 1. The molecule has 3 rings (SSSR count). The van der Waals surface area contributed by atoms with Crippen LogP contribution in [0.4, 0.5) is 17.5 Å². The molecule has 3 aromatic rings. The first-order valence-electron chi connectivity index (χ1n) is 8.76. The highest BCUT2D eigenvalue weighted by molar-refractivity contribution is 6.32. The molecule has 148 valence electrons. The number of nitrogens with one attached hydrogen (secondary N) is 2.